The van der Waals surface area contributed by atoms with Crippen molar-refractivity contribution < 1.29 is 9.90 Å². The molecule has 0 saturated carbocycles. The Morgan fingerprint density at radius 1 is 1.88 bits per heavy atom. The van der Waals surface area contributed by atoms with Crippen LogP contribution < -0.4 is 5.32 Å². The fourth-order valence-electron chi connectivity index (χ4n) is 0.248. The van der Waals surface area contributed by atoms with Gasteiger partial charge in [0.1, 0.15) is 0 Å². The van der Waals surface area contributed by atoms with Crippen molar-refractivity contribution in [2.45, 2.75) is 13.3 Å². The van der Waals surface area contributed by atoms with Crippen molar-refractivity contribution in [1.82, 2.24) is 5.32 Å². The SMILES string of the molecule is CCC=CNC(=O)O. The van der Waals surface area contributed by atoms with Crippen molar-refractivity contribution in [2.75, 3.05) is 0 Å². The van der Waals surface area contributed by atoms with Crippen LogP contribution in [0.5, 0.6) is 0 Å². The van der Waals surface area contributed by atoms with Gasteiger partial charge in [-0.15, -0.1) is 0 Å². The molecule has 2 N–H and O–H groups in total. The van der Waals surface area contributed by atoms with E-state index in [0.717, 1.165) is 6.42 Å². The molecule has 0 saturated heterocycles. The molecule has 0 unspecified atom stereocenters. The van der Waals surface area contributed by atoms with Gasteiger partial charge in [-0.2, -0.15) is 0 Å². The van der Waals surface area contributed by atoms with Crippen LogP contribution in [0, 0.1) is 0 Å². The van der Waals surface area contributed by atoms with E-state index in [2.05, 4.69) is 5.32 Å². The van der Waals surface area contributed by atoms with Gasteiger partial charge in [-0.25, -0.2) is 4.79 Å². The van der Waals surface area contributed by atoms with Crippen LogP contribution in [-0.2, 0) is 0 Å². The number of rotatable bonds is 2. The van der Waals surface area contributed by atoms with Crippen LogP contribution >= 0.6 is 0 Å². The van der Waals surface area contributed by atoms with E-state index in [0.29, 0.717) is 0 Å². The summed E-state index contributed by atoms with van der Waals surface area (Å²) in [6, 6.07) is 0. The lowest BCUT2D eigenvalue weighted by Gasteiger charge is -1.85. The smallest absolute Gasteiger partial charge is 0.408 e. The molecule has 0 aliphatic carbocycles. The van der Waals surface area contributed by atoms with Crippen LogP contribution in [0.1, 0.15) is 13.3 Å². The highest BCUT2D eigenvalue weighted by Gasteiger charge is 1.82. The number of hydrogen-bond donors (Lipinski definition) is 2. The third kappa shape index (κ3) is 5.01. The summed E-state index contributed by atoms with van der Waals surface area (Å²) in [6.45, 7) is 1.93. The zero-order chi connectivity index (χ0) is 6.41. The van der Waals surface area contributed by atoms with Crippen LogP contribution in [0.2, 0.25) is 0 Å². The standard InChI is InChI=1S/C5H9NO2/c1-2-3-4-6-5(7)8/h3-4,6H,2H2,1H3,(H,7,8). The fourth-order valence-corrected chi connectivity index (χ4v) is 0.248. The maximum atomic E-state index is 9.71. The number of amides is 1. The van der Waals surface area contributed by atoms with Gasteiger partial charge in [0.25, 0.3) is 0 Å². The topological polar surface area (TPSA) is 49.3 Å². The predicted molar refractivity (Wildman–Crippen MR) is 30.6 cm³/mol. The van der Waals surface area contributed by atoms with Crippen LogP contribution in [0.25, 0.3) is 0 Å². The molecule has 46 valence electrons. The van der Waals surface area contributed by atoms with Crippen molar-refractivity contribution in [1.29, 1.82) is 0 Å². The zero-order valence-electron chi connectivity index (χ0n) is 4.72. The summed E-state index contributed by atoms with van der Waals surface area (Å²) >= 11 is 0. The lowest BCUT2D eigenvalue weighted by Crippen LogP contribution is -2.12. The first-order chi connectivity index (χ1) is 3.77. The Kier molecular flexibility index (Phi) is 3.66. The molecule has 0 aromatic rings. The average Bonchev–Trinajstić information content (AvgIpc) is 1.66. The van der Waals surface area contributed by atoms with Crippen LogP contribution in [0.15, 0.2) is 12.3 Å². The zero-order valence-corrected chi connectivity index (χ0v) is 4.72. The van der Waals surface area contributed by atoms with E-state index in [1.165, 1.54) is 6.20 Å². The van der Waals surface area contributed by atoms with Crippen molar-refractivity contribution in [3.63, 3.8) is 0 Å². The summed E-state index contributed by atoms with van der Waals surface area (Å²) in [7, 11) is 0. The van der Waals surface area contributed by atoms with E-state index in [4.69, 9.17) is 5.11 Å². The summed E-state index contributed by atoms with van der Waals surface area (Å²) in [6.07, 6.45) is 2.96. The van der Waals surface area contributed by atoms with Crippen molar-refractivity contribution in [3.8, 4) is 0 Å². The van der Waals surface area contributed by atoms with Crippen LogP contribution in [0.3, 0.4) is 0 Å². The molecule has 1 amide bonds. The fraction of sp³-hybridized carbons (Fsp3) is 0.400. The highest BCUT2D eigenvalue weighted by Crippen LogP contribution is 1.74. The number of carboxylic acid groups (broad SMARTS) is 1. The quantitative estimate of drug-likeness (QED) is 0.567. The van der Waals surface area contributed by atoms with Gasteiger partial charge in [0.2, 0.25) is 0 Å². The Morgan fingerprint density at radius 3 is 2.88 bits per heavy atom. The summed E-state index contributed by atoms with van der Waals surface area (Å²) in [5.74, 6) is 0. The van der Waals surface area contributed by atoms with E-state index in [9.17, 15) is 4.79 Å². The second-order valence-corrected chi connectivity index (χ2v) is 1.26. The number of carbonyl (C=O) groups is 1. The van der Waals surface area contributed by atoms with Crippen molar-refractivity contribution >= 4 is 6.09 Å². The van der Waals surface area contributed by atoms with Gasteiger partial charge < -0.3 is 5.11 Å². The monoisotopic (exact) mass is 115 g/mol. The van der Waals surface area contributed by atoms with Gasteiger partial charge in [0, 0.05) is 6.20 Å². The Bertz CT molecular complexity index is 98.6. The minimum atomic E-state index is -1.02. The molecule has 0 aromatic carbocycles. The molecule has 0 spiro atoms. The minimum absolute atomic E-state index is 0.847. The second kappa shape index (κ2) is 4.18. The van der Waals surface area contributed by atoms with Crippen molar-refractivity contribution in [3.05, 3.63) is 12.3 Å². The predicted octanol–water partition coefficient (Wildman–Crippen LogP) is 1.18. The van der Waals surface area contributed by atoms with Gasteiger partial charge in [-0.1, -0.05) is 13.0 Å². The number of allylic oxidation sites excluding steroid dienone is 1. The molecule has 8 heavy (non-hydrogen) atoms. The van der Waals surface area contributed by atoms with Gasteiger partial charge in [-0.3, -0.25) is 5.32 Å². The minimum Gasteiger partial charge on any atom is -0.465 e. The van der Waals surface area contributed by atoms with Crippen molar-refractivity contribution in [2.24, 2.45) is 0 Å². The van der Waals surface area contributed by atoms with Crippen LogP contribution in [-0.4, -0.2) is 11.2 Å². The first-order valence-electron chi connectivity index (χ1n) is 2.42. The highest BCUT2D eigenvalue weighted by atomic mass is 16.4. The second-order valence-electron chi connectivity index (χ2n) is 1.26. The maximum absolute atomic E-state index is 9.71. The van der Waals surface area contributed by atoms with E-state index in [1.54, 1.807) is 6.08 Å². The first kappa shape index (κ1) is 7.01. The molecule has 0 atom stereocenters. The number of nitrogens with one attached hydrogen (secondary N) is 1. The Balaban J connectivity index is 3.16. The Labute approximate surface area is 48.0 Å². The maximum Gasteiger partial charge on any atom is 0.408 e. The lowest BCUT2D eigenvalue weighted by atomic mass is 10.5. The van der Waals surface area contributed by atoms with Gasteiger partial charge in [0.05, 0.1) is 0 Å². The summed E-state index contributed by atoms with van der Waals surface area (Å²) < 4.78 is 0. The summed E-state index contributed by atoms with van der Waals surface area (Å²) in [4.78, 5) is 9.71. The Hall–Kier alpha value is -0.990. The molecule has 0 aromatic heterocycles. The molecule has 0 heterocycles. The largest absolute Gasteiger partial charge is 0.465 e. The molecule has 3 heteroatoms. The Morgan fingerprint density at radius 2 is 2.50 bits per heavy atom. The van der Waals surface area contributed by atoms with E-state index in [1.807, 2.05) is 6.92 Å². The summed E-state index contributed by atoms with van der Waals surface area (Å²) in [5.41, 5.74) is 0. The molecule has 0 aliphatic heterocycles. The molecule has 0 rings (SSSR count). The van der Waals surface area contributed by atoms with E-state index >= 15 is 0 Å². The van der Waals surface area contributed by atoms with Gasteiger partial charge in [-0.05, 0) is 6.42 Å². The third-order valence-corrected chi connectivity index (χ3v) is 0.560. The lowest BCUT2D eigenvalue weighted by molar-refractivity contribution is 0.198. The normalized spacial score (nSPS) is 9.62. The first-order valence-corrected chi connectivity index (χ1v) is 2.42. The average molecular weight is 115 g/mol. The van der Waals surface area contributed by atoms with E-state index < -0.39 is 6.09 Å². The number of hydrogen-bond acceptors (Lipinski definition) is 1. The molecule has 0 fully saturated rings. The van der Waals surface area contributed by atoms with E-state index in [-0.39, 0.29) is 0 Å². The molecular formula is C5H9NO2. The highest BCUT2D eigenvalue weighted by molar-refractivity contribution is 5.65. The molecule has 0 aliphatic rings. The third-order valence-electron chi connectivity index (χ3n) is 0.560. The van der Waals surface area contributed by atoms with Gasteiger partial charge >= 0.3 is 6.09 Å². The molecule has 0 radical (unpaired) electrons. The molecule has 3 nitrogen and oxygen atoms in total. The van der Waals surface area contributed by atoms with Crippen LogP contribution in [0.4, 0.5) is 4.79 Å². The molecule has 0 bridgehead atoms. The molecular weight excluding hydrogens is 106 g/mol. The van der Waals surface area contributed by atoms with Gasteiger partial charge in [0.15, 0.2) is 0 Å². The summed E-state index contributed by atoms with van der Waals surface area (Å²) in [5, 5.41) is 10.1.